The van der Waals surface area contributed by atoms with Gasteiger partial charge in [-0.3, -0.25) is 4.79 Å². The molecule has 0 atom stereocenters. The molecule has 0 amide bonds. The normalized spacial score (nSPS) is 10.9. The molecule has 1 aromatic heterocycles. The molecule has 0 unspecified atom stereocenters. The maximum atomic E-state index is 12.2. The fraction of sp³-hybridized carbons (Fsp3) is 0.174. The number of allylic oxidation sites excluding steroid dienone is 1. The van der Waals surface area contributed by atoms with Crippen molar-refractivity contribution in [1.82, 2.24) is 0 Å². The molecular formula is C23H22O4. The number of hydrogen-bond donors (Lipinski definition) is 0. The zero-order chi connectivity index (χ0) is 19.1. The first-order chi connectivity index (χ1) is 13.1. The quantitative estimate of drug-likeness (QED) is 0.394. The van der Waals surface area contributed by atoms with E-state index in [4.69, 9.17) is 13.9 Å². The summed E-state index contributed by atoms with van der Waals surface area (Å²) in [5, 5.41) is 0. The molecule has 3 rings (SSSR count). The second kappa shape index (κ2) is 8.90. The highest BCUT2D eigenvalue weighted by Crippen LogP contribution is 2.19. The Kier molecular flexibility index (Phi) is 6.10. The predicted molar refractivity (Wildman–Crippen MR) is 105 cm³/mol. The fourth-order valence-electron chi connectivity index (χ4n) is 2.49. The van der Waals surface area contributed by atoms with E-state index in [0.717, 1.165) is 17.1 Å². The van der Waals surface area contributed by atoms with Gasteiger partial charge in [0.15, 0.2) is 5.78 Å². The minimum absolute atomic E-state index is 0.0569. The van der Waals surface area contributed by atoms with Crippen molar-refractivity contribution in [3.05, 3.63) is 89.4 Å². The van der Waals surface area contributed by atoms with Gasteiger partial charge >= 0.3 is 0 Å². The van der Waals surface area contributed by atoms with E-state index >= 15 is 0 Å². The van der Waals surface area contributed by atoms with Crippen LogP contribution < -0.4 is 9.47 Å². The van der Waals surface area contributed by atoms with Crippen LogP contribution in [-0.4, -0.2) is 12.4 Å². The topological polar surface area (TPSA) is 48.7 Å². The van der Waals surface area contributed by atoms with Crippen LogP contribution in [0.2, 0.25) is 0 Å². The molecule has 1 heterocycles. The van der Waals surface area contributed by atoms with Gasteiger partial charge in [0.2, 0.25) is 0 Å². The summed E-state index contributed by atoms with van der Waals surface area (Å²) >= 11 is 0. The van der Waals surface area contributed by atoms with Gasteiger partial charge in [0.1, 0.15) is 29.6 Å². The van der Waals surface area contributed by atoms with Gasteiger partial charge in [-0.05, 0) is 62.4 Å². The molecule has 138 valence electrons. The van der Waals surface area contributed by atoms with Crippen LogP contribution in [0, 0.1) is 6.92 Å². The van der Waals surface area contributed by atoms with Crippen molar-refractivity contribution in [3.8, 4) is 11.5 Å². The maximum Gasteiger partial charge on any atom is 0.185 e. The molecule has 0 aliphatic heterocycles. The lowest BCUT2D eigenvalue weighted by molar-refractivity contribution is 0.104. The Labute approximate surface area is 159 Å². The molecule has 27 heavy (non-hydrogen) atoms. The SMILES string of the molecule is CCOc1ccc(OCc2ccc(/C=C/C(=O)c3ccc(C)cc3)o2)cc1. The molecule has 0 spiro atoms. The number of ether oxygens (including phenoxy) is 2. The van der Waals surface area contributed by atoms with Crippen LogP contribution in [0.4, 0.5) is 0 Å². The molecule has 0 N–H and O–H groups in total. The molecule has 0 radical (unpaired) electrons. The average molecular weight is 362 g/mol. The molecule has 2 aromatic carbocycles. The van der Waals surface area contributed by atoms with Crippen molar-refractivity contribution in [2.45, 2.75) is 20.5 Å². The van der Waals surface area contributed by atoms with E-state index in [1.807, 2.05) is 74.5 Å². The van der Waals surface area contributed by atoms with E-state index in [0.29, 0.717) is 30.3 Å². The van der Waals surface area contributed by atoms with Crippen LogP contribution in [0.15, 0.2) is 71.2 Å². The molecule has 0 fully saturated rings. The molecule has 0 bridgehead atoms. The zero-order valence-electron chi connectivity index (χ0n) is 15.5. The Balaban J connectivity index is 1.54. The third-order valence-electron chi connectivity index (χ3n) is 3.93. The number of ketones is 1. The standard InChI is InChI=1S/C23H22O4/c1-3-25-19-8-10-20(11-9-19)26-16-22-13-12-21(27-22)14-15-23(24)18-6-4-17(2)5-7-18/h4-15H,3,16H2,1-2H3/b15-14+. The van der Waals surface area contributed by atoms with Crippen molar-refractivity contribution in [2.24, 2.45) is 0 Å². The van der Waals surface area contributed by atoms with Gasteiger partial charge < -0.3 is 13.9 Å². The number of furan rings is 1. The van der Waals surface area contributed by atoms with Gasteiger partial charge in [-0.1, -0.05) is 29.8 Å². The number of benzene rings is 2. The number of carbonyl (C=O) groups is 1. The van der Waals surface area contributed by atoms with Gasteiger partial charge in [-0.25, -0.2) is 0 Å². The summed E-state index contributed by atoms with van der Waals surface area (Å²) < 4.78 is 16.8. The second-order valence-electron chi connectivity index (χ2n) is 6.06. The van der Waals surface area contributed by atoms with E-state index in [-0.39, 0.29) is 5.78 Å². The summed E-state index contributed by atoms with van der Waals surface area (Å²) in [7, 11) is 0. The molecule has 0 saturated heterocycles. The highest BCUT2D eigenvalue weighted by molar-refractivity contribution is 6.06. The lowest BCUT2D eigenvalue weighted by atomic mass is 10.1. The van der Waals surface area contributed by atoms with Crippen molar-refractivity contribution < 1.29 is 18.7 Å². The van der Waals surface area contributed by atoms with E-state index in [1.54, 1.807) is 6.08 Å². The Morgan fingerprint density at radius 3 is 2.26 bits per heavy atom. The number of aryl methyl sites for hydroxylation is 1. The first kappa shape index (κ1) is 18.5. The van der Waals surface area contributed by atoms with E-state index < -0.39 is 0 Å². The van der Waals surface area contributed by atoms with Crippen LogP contribution in [0.1, 0.15) is 34.4 Å². The van der Waals surface area contributed by atoms with Gasteiger partial charge in [0, 0.05) is 5.56 Å². The smallest absolute Gasteiger partial charge is 0.185 e. The monoisotopic (exact) mass is 362 g/mol. The van der Waals surface area contributed by atoms with E-state index in [9.17, 15) is 4.79 Å². The van der Waals surface area contributed by atoms with Crippen LogP contribution >= 0.6 is 0 Å². The molecule has 3 aromatic rings. The van der Waals surface area contributed by atoms with Crippen LogP contribution in [0.5, 0.6) is 11.5 Å². The molecule has 4 heteroatoms. The zero-order valence-corrected chi connectivity index (χ0v) is 15.5. The van der Waals surface area contributed by atoms with E-state index in [2.05, 4.69) is 0 Å². The minimum Gasteiger partial charge on any atom is -0.494 e. The third kappa shape index (κ3) is 5.35. The fourth-order valence-corrected chi connectivity index (χ4v) is 2.49. The van der Waals surface area contributed by atoms with Crippen molar-refractivity contribution in [2.75, 3.05) is 6.61 Å². The summed E-state index contributed by atoms with van der Waals surface area (Å²) in [6.07, 6.45) is 3.18. The third-order valence-corrected chi connectivity index (χ3v) is 3.93. The Bertz CT molecular complexity index is 902. The van der Waals surface area contributed by atoms with Gasteiger partial charge in [0.25, 0.3) is 0 Å². The number of carbonyl (C=O) groups excluding carboxylic acids is 1. The Morgan fingerprint density at radius 1 is 0.926 bits per heavy atom. The van der Waals surface area contributed by atoms with Crippen molar-refractivity contribution >= 4 is 11.9 Å². The van der Waals surface area contributed by atoms with Gasteiger partial charge in [0.05, 0.1) is 6.61 Å². The molecular weight excluding hydrogens is 340 g/mol. The molecule has 0 saturated carbocycles. The maximum absolute atomic E-state index is 12.2. The highest BCUT2D eigenvalue weighted by atomic mass is 16.5. The lowest BCUT2D eigenvalue weighted by Gasteiger charge is -2.06. The first-order valence-corrected chi connectivity index (χ1v) is 8.87. The molecule has 0 aliphatic carbocycles. The predicted octanol–water partition coefficient (Wildman–Crippen LogP) is 5.46. The van der Waals surface area contributed by atoms with Gasteiger partial charge in [-0.2, -0.15) is 0 Å². The summed E-state index contributed by atoms with van der Waals surface area (Å²) in [5.41, 5.74) is 1.78. The van der Waals surface area contributed by atoms with Crippen molar-refractivity contribution in [1.29, 1.82) is 0 Å². The minimum atomic E-state index is -0.0569. The highest BCUT2D eigenvalue weighted by Gasteiger charge is 2.04. The Morgan fingerprint density at radius 2 is 1.59 bits per heavy atom. The van der Waals surface area contributed by atoms with Crippen LogP contribution in [0.3, 0.4) is 0 Å². The van der Waals surface area contributed by atoms with E-state index in [1.165, 1.54) is 6.08 Å². The molecule has 0 aliphatic rings. The largest absolute Gasteiger partial charge is 0.494 e. The van der Waals surface area contributed by atoms with Crippen LogP contribution in [-0.2, 0) is 6.61 Å². The van der Waals surface area contributed by atoms with Crippen LogP contribution in [0.25, 0.3) is 6.08 Å². The van der Waals surface area contributed by atoms with Crippen molar-refractivity contribution in [3.63, 3.8) is 0 Å². The second-order valence-corrected chi connectivity index (χ2v) is 6.06. The average Bonchev–Trinajstić information content (AvgIpc) is 3.14. The Hall–Kier alpha value is -3.27. The summed E-state index contributed by atoms with van der Waals surface area (Å²) in [6.45, 7) is 4.88. The summed E-state index contributed by atoms with van der Waals surface area (Å²) in [6, 6.07) is 18.6. The summed E-state index contributed by atoms with van der Waals surface area (Å²) in [4.78, 5) is 12.2. The van der Waals surface area contributed by atoms with Gasteiger partial charge in [-0.15, -0.1) is 0 Å². The summed E-state index contributed by atoms with van der Waals surface area (Å²) in [5.74, 6) is 2.79. The number of rotatable bonds is 8. The molecule has 4 nitrogen and oxygen atoms in total. The first-order valence-electron chi connectivity index (χ1n) is 8.87. The number of hydrogen-bond acceptors (Lipinski definition) is 4. The lowest BCUT2D eigenvalue weighted by Crippen LogP contribution is -1.95.